The first-order valence-corrected chi connectivity index (χ1v) is 27.5. The maximum absolute atomic E-state index is 12.9. The molecule has 0 spiro atoms. The van der Waals surface area contributed by atoms with Gasteiger partial charge in [-0.3, -0.25) is 4.79 Å². The molecule has 0 N–H and O–H groups in total. The molecule has 228 valence electrons. The Balaban J connectivity index is 1.24. The Morgan fingerprint density at radius 1 is 0.429 bits per heavy atom. The van der Waals surface area contributed by atoms with Crippen molar-refractivity contribution in [2.24, 2.45) is 0 Å². The Kier molecular flexibility index (Phi) is 18.1. The highest BCUT2D eigenvalue weighted by Gasteiger charge is 2.25. The zero-order valence-corrected chi connectivity index (χ0v) is 36.2. The van der Waals surface area contributed by atoms with Crippen LogP contribution in [0, 0.1) is 0 Å². The van der Waals surface area contributed by atoms with E-state index in [0.29, 0.717) is 17.3 Å². The summed E-state index contributed by atoms with van der Waals surface area (Å²) in [5, 5.41) is 0. The lowest BCUT2D eigenvalue weighted by Crippen LogP contribution is -2.04. The van der Waals surface area contributed by atoms with Crippen LogP contribution in [0.15, 0.2) is 75.2 Å². The SMILES string of the molecule is CSC1=C(SC)SC(=C/C=C2/SC(SC)=C(SCC(=O)CSC3=C(SC)S/C(=C/C=C4SC(SC)=C(SC)S4)S3)S2)S1. The maximum atomic E-state index is 12.9. The number of hydrogen-bond donors (Lipinski definition) is 0. The molecule has 4 aliphatic heterocycles. The third kappa shape index (κ3) is 11.1. The second-order valence-corrected chi connectivity index (χ2v) is 25.8. The van der Waals surface area contributed by atoms with Crippen molar-refractivity contribution >= 4 is 194 Å². The number of hydrogen-bond acceptors (Lipinski definition) is 17. The summed E-state index contributed by atoms with van der Waals surface area (Å²) in [6, 6.07) is 0. The van der Waals surface area contributed by atoms with Crippen LogP contribution < -0.4 is 0 Å². The first-order chi connectivity index (χ1) is 20.4. The fourth-order valence-electron chi connectivity index (χ4n) is 2.95. The summed E-state index contributed by atoms with van der Waals surface area (Å²) < 4.78 is 15.9. The quantitative estimate of drug-likeness (QED) is 0.165. The van der Waals surface area contributed by atoms with Gasteiger partial charge < -0.3 is 0 Å². The molecule has 4 rings (SSSR count). The highest BCUT2D eigenvalue weighted by Crippen LogP contribution is 2.60. The first-order valence-electron chi connectivity index (χ1n) is 11.7. The van der Waals surface area contributed by atoms with Gasteiger partial charge in [0.15, 0.2) is 5.78 Å². The van der Waals surface area contributed by atoms with Gasteiger partial charge in [0.2, 0.25) is 0 Å². The van der Waals surface area contributed by atoms with Gasteiger partial charge in [-0.1, -0.05) is 94.1 Å². The largest absolute Gasteiger partial charge is 0.298 e. The summed E-state index contributed by atoms with van der Waals surface area (Å²) in [6.07, 6.45) is 21.8. The molecule has 0 bridgehead atoms. The Hall–Kier alpha value is 3.19. The number of ketones is 1. The lowest BCUT2D eigenvalue weighted by molar-refractivity contribution is -0.114. The van der Waals surface area contributed by atoms with Gasteiger partial charge in [-0.05, 0) is 61.8 Å². The molecule has 0 aromatic heterocycles. The molecular formula is C25H26OS16. The van der Waals surface area contributed by atoms with Crippen molar-refractivity contribution < 1.29 is 4.79 Å². The Morgan fingerprint density at radius 2 is 0.643 bits per heavy atom. The van der Waals surface area contributed by atoms with E-state index in [1.807, 2.05) is 118 Å². The summed E-state index contributed by atoms with van der Waals surface area (Å²) in [4.78, 5) is 12.9. The third-order valence-electron chi connectivity index (χ3n) is 4.76. The lowest BCUT2D eigenvalue weighted by Gasteiger charge is -2.04. The van der Waals surface area contributed by atoms with Gasteiger partial charge in [-0.25, -0.2) is 0 Å². The van der Waals surface area contributed by atoms with E-state index in [2.05, 4.69) is 61.8 Å². The maximum Gasteiger partial charge on any atom is 0.153 e. The Labute approximate surface area is 318 Å². The van der Waals surface area contributed by atoms with E-state index in [0.717, 1.165) is 0 Å². The molecule has 0 atom stereocenters. The van der Waals surface area contributed by atoms with Crippen LogP contribution in [0.2, 0.25) is 0 Å². The van der Waals surface area contributed by atoms with Crippen LogP contribution in [0.1, 0.15) is 0 Å². The summed E-state index contributed by atoms with van der Waals surface area (Å²) in [5.74, 6) is 1.33. The van der Waals surface area contributed by atoms with Crippen LogP contribution in [0.25, 0.3) is 0 Å². The fourth-order valence-corrected chi connectivity index (χ4v) is 22.9. The summed E-state index contributed by atoms with van der Waals surface area (Å²) >= 11 is 29.0. The molecule has 4 aliphatic rings. The van der Waals surface area contributed by atoms with Gasteiger partial charge >= 0.3 is 0 Å². The number of thioether (sulfide) groups is 16. The van der Waals surface area contributed by atoms with Crippen molar-refractivity contribution in [1.29, 1.82) is 0 Å². The van der Waals surface area contributed by atoms with Crippen LogP contribution in [0.4, 0.5) is 0 Å². The molecule has 0 aliphatic carbocycles. The van der Waals surface area contributed by atoms with E-state index in [9.17, 15) is 4.79 Å². The van der Waals surface area contributed by atoms with E-state index in [1.54, 1.807) is 70.6 Å². The molecule has 0 saturated heterocycles. The van der Waals surface area contributed by atoms with Crippen molar-refractivity contribution in [3.63, 3.8) is 0 Å². The van der Waals surface area contributed by atoms with Gasteiger partial charge in [0.05, 0.1) is 62.4 Å². The minimum absolute atomic E-state index is 0.291. The van der Waals surface area contributed by atoms with Gasteiger partial charge in [-0.2, -0.15) is 0 Å². The molecule has 0 unspecified atom stereocenters. The van der Waals surface area contributed by atoms with Crippen molar-refractivity contribution in [3.8, 4) is 0 Å². The zero-order chi connectivity index (χ0) is 30.1. The molecule has 17 heteroatoms. The lowest BCUT2D eigenvalue weighted by atomic mass is 10.5. The van der Waals surface area contributed by atoms with Gasteiger partial charge in [0.1, 0.15) is 0 Å². The number of Topliss-reactive ketones (excluding diaryl/α,β-unsaturated/α-hetero) is 1. The molecule has 0 aromatic rings. The van der Waals surface area contributed by atoms with Gasteiger partial charge in [0, 0.05) is 0 Å². The second kappa shape index (κ2) is 20.0. The highest BCUT2D eigenvalue weighted by atomic mass is 32.3. The molecular weight excluding hydrogens is 829 g/mol. The van der Waals surface area contributed by atoms with Crippen LogP contribution in [-0.4, -0.2) is 54.8 Å². The molecule has 0 amide bonds. The fraction of sp³-hybridized carbons (Fsp3) is 0.320. The van der Waals surface area contributed by atoms with Gasteiger partial charge in [-0.15, -0.1) is 94.1 Å². The van der Waals surface area contributed by atoms with Crippen molar-refractivity contribution in [2.75, 3.05) is 49.0 Å². The number of carbonyl (C=O) groups excluding carboxylic acids is 1. The number of carbonyl (C=O) groups is 1. The minimum Gasteiger partial charge on any atom is -0.298 e. The molecule has 0 aromatic carbocycles. The normalized spacial score (nSPS) is 21.5. The van der Waals surface area contributed by atoms with E-state index in [1.165, 1.54) is 50.8 Å². The van der Waals surface area contributed by atoms with E-state index in [-0.39, 0.29) is 0 Å². The molecule has 4 heterocycles. The average molecular weight is 856 g/mol. The molecule has 42 heavy (non-hydrogen) atoms. The van der Waals surface area contributed by atoms with Crippen LogP contribution >= 0.6 is 188 Å². The summed E-state index contributed by atoms with van der Waals surface area (Å²) in [7, 11) is 0. The number of rotatable bonds is 14. The molecule has 0 saturated carbocycles. The summed E-state index contributed by atoms with van der Waals surface area (Å²) in [6.45, 7) is 0. The van der Waals surface area contributed by atoms with E-state index >= 15 is 0 Å². The molecule has 1 nitrogen and oxygen atoms in total. The first kappa shape index (κ1) is 38.0. The van der Waals surface area contributed by atoms with E-state index < -0.39 is 0 Å². The molecule has 0 fully saturated rings. The standard InChI is InChI=1S/C25H26OS16/c1-27-18-19(28-2)36-14(35-18)7-9-16-39-22(31-5)24(41-16)33-11-13(26)12-34-25-23(32-6)40-17(42-25)10-8-15-37-20(29-3)21(30-4)38-15/h7-10H,11-12H2,1-6H3/b16-9-,17-10-. The Bertz CT molecular complexity index is 1180. The highest BCUT2D eigenvalue weighted by molar-refractivity contribution is 8.42. The Morgan fingerprint density at radius 3 is 0.881 bits per heavy atom. The zero-order valence-electron chi connectivity index (χ0n) is 23.2. The predicted molar refractivity (Wildman–Crippen MR) is 232 cm³/mol. The van der Waals surface area contributed by atoms with E-state index in [4.69, 9.17) is 0 Å². The average Bonchev–Trinajstić information content (AvgIpc) is 3.80. The van der Waals surface area contributed by atoms with Gasteiger partial charge in [0.25, 0.3) is 0 Å². The smallest absolute Gasteiger partial charge is 0.153 e. The topological polar surface area (TPSA) is 17.1 Å². The molecule has 0 radical (unpaired) electrons. The minimum atomic E-state index is 0.291. The van der Waals surface area contributed by atoms with Crippen molar-refractivity contribution in [1.82, 2.24) is 0 Å². The van der Waals surface area contributed by atoms with Crippen molar-refractivity contribution in [3.05, 3.63) is 75.2 Å². The van der Waals surface area contributed by atoms with Crippen molar-refractivity contribution in [2.45, 2.75) is 0 Å². The van der Waals surface area contributed by atoms with Crippen LogP contribution in [-0.2, 0) is 4.79 Å². The third-order valence-corrected chi connectivity index (χ3v) is 25.7. The second-order valence-electron chi connectivity index (χ2n) is 7.40. The number of allylic oxidation sites excluding steroid dienone is 4. The van der Waals surface area contributed by atoms with Crippen LogP contribution in [0.5, 0.6) is 0 Å². The summed E-state index contributed by atoms with van der Waals surface area (Å²) in [5.41, 5.74) is 0. The monoisotopic (exact) mass is 854 g/mol. The predicted octanol–water partition coefficient (Wildman–Crippen LogP) is 14.0. The van der Waals surface area contributed by atoms with Crippen LogP contribution in [0.3, 0.4) is 0 Å².